The normalized spacial score (nSPS) is 13.8. The van der Waals surface area contributed by atoms with Crippen molar-refractivity contribution in [1.82, 2.24) is 5.48 Å². The van der Waals surface area contributed by atoms with Crippen molar-refractivity contribution in [1.29, 1.82) is 0 Å². The molecule has 2 aromatic rings. The predicted molar refractivity (Wildman–Crippen MR) is 83.8 cm³/mol. The largest absolute Gasteiger partial charge is 0.482 e. The number of carbonyl (C=O) groups excluding carboxylic acids is 2. The monoisotopic (exact) mass is 384 g/mol. The number of benzene rings is 2. The second-order valence-corrected chi connectivity index (χ2v) is 5.74. The summed E-state index contributed by atoms with van der Waals surface area (Å²) >= 11 is 0. The molecule has 0 bridgehead atoms. The number of hydrogen-bond donors (Lipinski definition) is 2. The number of hydrogen-bond acceptors (Lipinski definition) is 4. The van der Waals surface area contributed by atoms with E-state index in [1.807, 2.05) is 0 Å². The molecule has 0 saturated carbocycles. The number of ether oxygens (including phenoxy) is 1. The first-order chi connectivity index (χ1) is 12.7. The average Bonchev–Trinajstić information content (AvgIpc) is 2.62. The molecule has 2 aromatic carbocycles. The van der Waals surface area contributed by atoms with Gasteiger partial charge in [-0.3, -0.25) is 14.8 Å². The van der Waals surface area contributed by atoms with Crippen LogP contribution in [0.25, 0.3) is 0 Å². The van der Waals surface area contributed by atoms with Crippen molar-refractivity contribution in [2.45, 2.75) is 12.7 Å². The van der Waals surface area contributed by atoms with Gasteiger partial charge < -0.3 is 9.64 Å². The molecule has 1 aliphatic rings. The smallest absolute Gasteiger partial charge is 0.416 e. The summed E-state index contributed by atoms with van der Waals surface area (Å²) in [6.07, 6.45) is -4.74. The van der Waals surface area contributed by atoms with E-state index in [0.29, 0.717) is 6.07 Å². The van der Waals surface area contributed by atoms with Crippen LogP contribution in [0.4, 0.5) is 23.2 Å². The Balaban J connectivity index is 2.00. The second kappa shape index (κ2) is 6.88. The van der Waals surface area contributed by atoms with Crippen LogP contribution in [0.15, 0.2) is 36.4 Å². The standard InChI is InChI=1S/C17H12F4N2O4/c18-12-4-9(3-11(6-12)17(19,20)21)7-23-13-5-10(16(25)22-26)1-2-14(13)27-8-15(23)24/h1-6,26H,7-8H2,(H,22,25). The van der Waals surface area contributed by atoms with Crippen molar-refractivity contribution in [2.24, 2.45) is 0 Å². The minimum absolute atomic E-state index is 0.00484. The van der Waals surface area contributed by atoms with Gasteiger partial charge in [0.15, 0.2) is 6.61 Å². The molecule has 1 heterocycles. The van der Waals surface area contributed by atoms with Crippen LogP contribution in [0.1, 0.15) is 21.5 Å². The first-order valence-electron chi connectivity index (χ1n) is 7.57. The molecule has 0 aliphatic carbocycles. The fraction of sp³-hybridized carbons (Fsp3) is 0.176. The van der Waals surface area contributed by atoms with Crippen molar-refractivity contribution in [3.05, 3.63) is 58.9 Å². The molecule has 142 valence electrons. The van der Waals surface area contributed by atoms with Crippen LogP contribution < -0.4 is 15.1 Å². The zero-order chi connectivity index (χ0) is 19.8. The summed E-state index contributed by atoms with van der Waals surface area (Å²) in [5.74, 6) is -2.30. The third-order valence-electron chi connectivity index (χ3n) is 3.89. The number of hydroxylamine groups is 1. The maximum Gasteiger partial charge on any atom is 0.416 e. The van der Waals surface area contributed by atoms with Crippen molar-refractivity contribution >= 4 is 17.5 Å². The van der Waals surface area contributed by atoms with Crippen LogP contribution in [0.5, 0.6) is 5.75 Å². The van der Waals surface area contributed by atoms with Crippen LogP contribution in [0.3, 0.4) is 0 Å². The lowest BCUT2D eigenvalue weighted by atomic mass is 10.1. The van der Waals surface area contributed by atoms with Crippen LogP contribution in [0.2, 0.25) is 0 Å². The molecule has 0 unspecified atom stereocenters. The van der Waals surface area contributed by atoms with Gasteiger partial charge in [0.05, 0.1) is 17.8 Å². The molecule has 1 aliphatic heterocycles. The highest BCUT2D eigenvalue weighted by molar-refractivity contribution is 6.01. The number of amides is 2. The van der Waals surface area contributed by atoms with Gasteiger partial charge in [0, 0.05) is 5.56 Å². The van der Waals surface area contributed by atoms with E-state index in [1.54, 1.807) is 0 Å². The number of nitrogens with zero attached hydrogens (tertiary/aromatic N) is 1. The summed E-state index contributed by atoms with van der Waals surface area (Å²) in [6.45, 7) is -0.722. The summed E-state index contributed by atoms with van der Waals surface area (Å²) in [5, 5.41) is 8.72. The van der Waals surface area contributed by atoms with E-state index < -0.39 is 29.4 Å². The Morgan fingerprint density at radius 2 is 1.96 bits per heavy atom. The Bertz CT molecular complexity index is 914. The summed E-state index contributed by atoms with van der Waals surface area (Å²) in [6, 6.07) is 5.95. The Hall–Kier alpha value is -3.14. The number of carbonyl (C=O) groups is 2. The van der Waals surface area contributed by atoms with E-state index >= 15 is 0 Å². The highest BCUT2D eigenvalue weighted by Gasteiger charge is 2.32. The van der Waals surface area contributed by atoms with E-state index in [1.165, 1.54) is 23.7 Å². The van der Waals surface area contributed by atoms with Crippen LogP contribution in [-0.2, 0) is 17.5 Å². The van der Waals surface area contributed by atoms with E-state index in [0.717, 1.165) is 17.0 Å². The molecule has 0 radical (unpaired) electrons. The fourth-order valence-corrected chi connectivity index (χ4v) is 2.67. The van der Waals surface area contributed by atoms with E-state index in [-0.39, 0.29) is 35.7 Å². The maximum absolute atomic E-state index is 13.6. The SMILES string of the molecule is O=C(NO)c1ccc2c(c1)N(Cc1cc(F)cc(C(F)(F)F)c1)C(=O)CO2. The van der Waals surface area contributed by atoms with Gasteiger partial charge in [-0.15, -0.1) is 0 Å². The number of nitrogens with one attached hydrogen (secondary N) is 1. The van der Waals surface area contributed by atoms with Crippen LogP contribution >= 0.6 is 0 Å². The molecule has 0 aromatic heterocycles. The number of alkyl halides is 3. The van der Waals surface area contributed by atoms with Gasteiger partial charge in [-0.05, 0) is 42.0 Å². The minimum Gasteiger partial charge on any atom is -0.482 e. The highest BCUT2D eigenvalue weighted by Crippen LogP contribution is 2.35. The van der Waals surface area contributed by atoms with E-state index in [2.05, 4.69) is 0 Å². The lowest BCUT2D eigenvalue weighted by Crippen LogP contribution is -2.38. The third kappa shape index (κ3) is 3.85. The number of rotatable bonds is 3. The Labute approximate surface area is 149 Å². The quantitative estimate of drug-likeness (QED) is 0.485. The van der Waals surface area contributed by atoms with Crippen LogP contribution in [0, 0.1) is 5.82 Å². The third-order valence-corrected chi connectivity index (χ3v) is 3.89. The zero-order valence-electron chi connectivity index (χ0n) is 13.5. The lowest BCUT2D eigenvalue weighted by Gasteiger charge is -2.30. The fourth-order valence-electron chi connectivity index (χ4n) is 2.67. The van der Waals surface area contributed by atoms with E-state index in [4.69, 9.17) is 9.94 Å². The molecule has 2 amide bonds. The maximum atomic E-state index is 13.6. The van der Waals surface area contributed by atoms with Crippen LogP contribution in [-0.4, -0.2) is 23.6 Å². The summed E-state index contributed by atoms with van der Waals surface area (Å²) in [7, 11) is 0. The molecular weight excluding hydrogens is 372 g/mol. The second-order valence-electron chi connectivity index (χ2n) is 5.74. The van der Waals surface area contributed by atoms with Crippen molar-refractivity contribution in [3.63, 3.8) is 0 Å². The predicted octanol–water partition coefficient (Wildman–Crippen LogP) is 2.89. The first kappa shape index (κ1) is 18.6. The highest BCUT2D eigenvalue weighted by atomic mass is 19.4. The lowest BCUT2D eigenvalue weighted by molar-refractivity contribution is -0.137. The van der Waals surface area contributed by atoms with Crippen molar-refractivity contribution < 1.29 is 37.1 Å². The van der Waals surface area contributed by atoms with Gasteiger partial charge in [-0.2, -0.15) is 13.2 Å². The molecule has 0 fully saturated rings. The number of anilines is 1. The van der Waals surface area contributed by atoms with Gasteiger partial charge in [0.1, 0.15) is 11.6 Å². The van der Waals surface area contributed by atoms with Gasteiger partial charge in [-0.25, -0.2) is 9.87 Å². The minimum atomic E-state index is -4.74. The Morgan fingerprint density at radius 3 is 2.63 bits per heavy atom. The Kier molecular flexibility index (Phi) is 4.75. The van der Waals surface area contributed by atoms with Crippen molar-refractivity contribution in [2.75, 3.05) is 11.5 Å². The molecule has 0 atom stereocenters. The zero-order valence-corrected chi connectivity index (χ0v) is 13.5. The molecule has 2 N–H and O–H groups in total. The average molecular weight is 384 g/mol. The molecule has 0 spiro atoms. The molecule has 0 saturated heterocycles. The van der Waals surface area contributed by atoms with Gasteiger partial charge in [-0.1, -0.05) is 0 Å². The molecule has 6 nitrogen and oxygen atoms in total. The topological polar surface area (TPSA) is 78.9 Å². The molecular formula is C17H12F4N2O4. The van der Waals surface area contributed by atoms with Gasteiger partial charge in [0.2, 0.25) is 0 Å². The van der Waals surface area contributed by atoms with Gasteiger partial charge >= 0.3 is 6.18 Å². The molecule has 27 heavy (non-hydrogen) atoms. The summed E-state index contributed by atoms with van der Waals surface area (Å²) < 4.78 is 57.5. The van der Waals surface area contributed by atoms with E-state index in [9.17, 15) is 27.2 Å². The Morgan fingerprint density at radius 1 is 1.22 bits per heavy atom. The number of fused-ring (bicyclic) bond motifs is 1. The summed E-state index contributed by atoms with van der Waals surface area (Å²) in [4.78, 5) is 24.9. The summed E-state index contributed by atoms with van der Waals surface area (Å²) in [5.41, 5.74) is 0.292. The molecule has 3 rings (SSSR count). The molecule has 10 heteroatoms. The number of halogens is 4. The van der Waals surface area contributed by atoms with Crippen molar-refractivity contribution in [3.8, 4) is 5.75 Å². The van der Waals surface area contributed by atoms with Gasteiger partial charge in [0.25, 0.3) is 11.8 Å². The first-order valence-corrected chi connectivity index (χ1v) is 7.57.